The van der Waals surface area contributed by atoms with Crippen LogP contribution in [0.5, 0.6) is 0 Å². The third-order valence-electron chi connectivity index (χ3n) is 3.48. The summed E-state index contributed by atoms with van der Waals surface area (Å²) in [6.07, 6.45) is 2.59. The first-order valence-electron chi connectivity index (χ1n) is 8.12. The van der Waals surface area contributed by atoms with Crippen molar-refractivity contribution in [1.82, 2.24) is 10.3 Å². The molecule has 3 rings (SSSR count). The molecular formula is C18H20N4O5. The molecule has 0 unspecified atom stereocenters. The zero-order chi connectivity index (χ0) is 19.6. The number of carboxylic acid groups (broad SMARTS) is 2. The maximum absolute atomic E-state index is 9.55. The van der Waals surface area contributed by atoms with E-state index in [1.807, 2.05) is 31.2 Å². The quantitative estimate of drug-likeness (QED) is 0.563. The van der Waals surface area contributed by atoms with Gasteiger partial charge in [-0.15, -0.1) is 0 Å². The van der Waals surface area contributed by atoms with Crippen molar-refractivity contribution in [3.8, 4) is 11.3 Å². The van der Waals surface area contributed by atoms with Gasteiger partial charge in [0.2, 0.25) is 0 Å². The Morgan fingerprint density at radius 3 is 2.52 bits per heavy atom. The van der Waals surface area contributed by atoms with Crippen molar-refractivity contribution in [2.75, 3.05) is 25.0 Å². The van der Waals surface area contributed by atoms with E-state index < -0.39 is 11.9 Å². The number of benzene rings is 1. The van der Waals surface area contributed by atoms with Crippen LogP contribution in [0.4, 0.5) is 5.69 Å². The SMILES string of the molecule is Cc1ncoc1-c1ccccc1NCC1=NCCN1.O=C(O)C=CC(=O)O. The lowest BCUT2D eigenvalue weighted by Crippen LogP contribution is -2.26. The van der Waals surface area contributed by atoms with Crippen LogP contribution in [0.1, 0.15) is 5.69 Å². The number of hydrogen-bond donors (Lipinski definition) is 4. The molecule has 9 heteroatoms. The molecule has 1 aliphatic rings. The van der Waals surface area contributed by atoms with Crippen molar-refractivity contribution >= 4 is 23.5 Å². The van der Waals surface area contributed by atoms with Crippen molar-refractivity contribution in [3.63, 3.8) is 0 Å². The second-order valence-corrected chi connectivity index (χ2v) is 5.43. The predicted octanol–water partition coefficient (Wildman–Crippen LogP) is 1.78. The Morgan fingerprint density at radius 2 is 1.96 bits per heavy atom. The normalized spacial score (nSPS) is 12.7. The minimum absolute atomic E-state index is 0.558. The van der Waals surface area contributed by atoms with E-state index >= 15 is 0 Å². The van der Waals surface area contributed by atoms with Gasteiger partial charge < -0.3 is 25.3 Å². The summed E-state index contributed by atoms with van der Waals surface area (Å²) >= 11 is 0. The fourth-order valence-electron chi connectivity index (χ4n) is 2.28. The van der Waals surface area contributed by atoms with Crippen LogP contribution >= 0.6 is 0 Å². The van der Waals surface area contributed by atoms with Crippen LogP contribution in [-0.4, -0.2) is 52.6 Å². The molecule has 1 aromatic heterocycles. The van der Waals surface area contributed by atoms with E-state index in [1.165, 1.54) is 6.39 Å². The number of aliphatic carboxylic acids is 2. The van der Waals surface area contributed by atoms with Crippen LogP contribution in [0, 0.1) is 6.92 Å². The maximum atomic E-state index is 9.55. The smallest absolute Gasteiger partial charge is 0.328 e. The molecular weight excluding hydrogens is 352 g/mol. The molecule has 1 aliphatic heterocycles. The Balaban J connectivity index is 0.000000279. The summed E-state index contributed by atoms with van der Waals surface area (Å²) in [5.41, 5.74) is 2.94. The summed E-state index contributed by atoms with van der Waals surface area (Å²) in [4.78, 5) is 27.6. The van der Waals surface area contributed by atoms with Gasteiger partial charge in [-0.2, -0.15) is 0 Å². The van der Waals surface area contributed by atoms with Gasteiger partial charge in [-0.25, -0.2) is 14.6 Å². The van der Waals surface area contributed by atoms with E-state index in [0.29, 0.717) is 18.7 Å². The van der Waals surface area contributed by atoms with Gasteiger partial charge in [0, 0.05) is 29.9 Å². The number of aryl methyl sites for hydroxylation is 1. The number of anilines is 1. The fraction of sp³-hybridized carbons (Fsp3) is 0.222. The maximum Gasteiger partial charge on any atom is 0.328 e. The highest BCUT2D eigenvalue weighted by molar-refractivity contribution is 5.90. The molecule has 9 nitrogen and oxygen atoms in total. The summed E-state index contributed by atoms with van der Waals surface area (Å²) in [5.74, 6) is -0.701. The molecule has 2 aromatic rings. The van der Waals surface area contributed by atoms with Crippen LogP contribution in [-0.2, 0) is 9.59 Å². The molecule has 0 radical (unpaired) electrons. The molecule has 1 aromatic carbocycles. The molecule has 0 saturated heterocycles. The van der Waals surface area contributed by atoms with Gasteiger partial charge in [0.05, 0.1) is 18.8 Å². The number of hydrogen-bond acceptors (Lipinski definition) is 7. The lowest BCUT2D eigenvalue weighted by Gasteiger charge is -2.11. The van der Waals surface area contributed by atoms with Gasteiger partial charge in [-0.1, -0.05) is 12.1 Å². The Hall–Kier alpha value is -3.62. The fourth-order valence-corrected chi connectivity index (χ4v) is 2.28. The molecule has 0 saturated carbocycles. The van der Waals surface area contributed by atoms with Crippen molar-refractivity contribution in [1.29, 1.82) is 0 Å². The molecule has 0 spiro atoms. The number of rotatable bonds is 6. The van der Waals surface area contributed by atoms with Crippen molar-refractivity contribution in [2.45, 2.75) is 6.92 Å². The summed E-state index contributed by atoms with van der Waals surface area (Å²) < 4.78 is 5.47. The minimum Gasteiger partial charge on any atom is -0.478 e. The van der Waals surface area contributed by atoms with Crippen molar-refractivity contribution in [2.24, 2.45) is 4.99 Å². The van der Waals surface area contributed by atoms with Gasteiger partial charge >= 0.3 is 11.9 Å². The number of oxazole rings is 1. The standard InChI is InChI=1S/C14H16N4O.C4H4O4/c1-10-14(19-9-18-10)11-4-2-3-5-12(11)17-8-13-15-6-7-16-13;5-3(6)1-2-4(7)8/h2-5,9,17H,6-8H2,1H3,(H,15,16);1-2H,(H,5,6)(H,7,8). The first-order chi connectivity index (χ1) is 13.0. The van der Waals surface area contributed by atoms with E-state index in [1.54, 1.807) is 0 Å². The molecule has 0 bridgehead atoms. The molecule has 0 aliphatic carbocycles. The second-order valence-electron chi connectivity index (χ2n) is 5.43. The lowest BCUT2D eigenvalue weighted by atomic mass is 10.1. The topological polar surface area (TPSA) is 137 Å². The van der Waals surface area contributed by atoms with Gasteiger partial charge in [0.15, 0.2) is 12.2 Å². The summed E-state index contributed by atoms with van der Waals surface area (Å²) in [5, 5.41) is 22.3. The number of aliphatic imine (C=N–C) groups is 1. The molecule has 4 N–H and O–H groups in total. The van der Waals surface area contributed by atoms with E-state index in [0.717, 1.165) is 41.6 Å². The molecule has 0 atom stereocenters. The lowest BCUT2D eigenvalue weighted by molar-refractivity contribution is -0.134. The summed E-state index contributed by atoms with van der Waals surface area (Å²) in [7, 11) is 0. The number of nitrogens with zero attached hydrogens (tertiary/aromatic N) is 2. The summed E-state index contributed by atoms with van der Waals surface area (Å²) in [6.45, 7) is 4.43. The zero-order valence-corrected chi connectivity index (χ0v) is 14.7. The average Bonchev–Trinajstić information content (AvgIpc) is 3.30. The van der Waals surface area contributed by atoms with E-state index in [2.05, 4.69) is 20.6 Å². The number of para-hydroxylation sites is 1. The Bertz CT molecular complexity index is 841. The Labute approximate surface area is 155 Å². The third-order valence-corrected chi connectivity index (χ3v) is 3.48. The molecule has 0 amide bonds. The highest BCUT2D eigenvalue weighted by atomic mass is 16.4. The Kier molecular flexibility index (Phi) is 7.12. The van der Waals surface area contributed by atoms with Gasteiger partial charge in [-0.05, 0) is 19.1 Å². The van der Waals surface area contributed by atoms with Crippen LogP contribution in [0.15, 0.2) is 52.2 Å². The number of amidine groups is 1. The second kappa shape index (κ2) is 9.76. The zero-order valence-electron chi connectivity index (χ0n) is 14.7. The number of carboxylic acids is 2. The van der Waals surface area contributed by atoms with Crippen LogP contribution in [0.25, 0.3) is 11.3 Å². The first-order valence-corrected chi connectivity index (χ1v) is 8.12. The number of nitrogens with one attached hydrogen (secondary N) is 2. The van der Waals surface area contributed by atoms with E-state index in [-0.39, 0.29) is 0 Å². The highest BCUT2D eigenvalue weighted by Gasteiger charge is 2.12. The van der Waals surface area contributed by atoms with Crippen molar-refractivity contribution < 1.29 is 24.2 Å². The average molecular weight is 372 g/mol. The highest BCUT2D eigenvalue weighted by Crippen LogP contribution is 2.29. The molecule has 27 heavy (non-hydrogen) atoms. The number of carbonyl (C=O) groups is 2. The molecule has 2 heterocycles. The van der Waals surface area contributed by atoms with Gasteiger partial charge in [0.1, 0.15) is 5.84 Å². The van der Waals surface area contributed by atoms with E-state index in [9.17, 15) is 9.59 Å². The van der Waals surface area contributed by atoms with Crippen LogP contribution in [0.3, 0.4) is 0 Å². The van der Waals surface area contributed by atoms with E-state index in [4.69, 9.17) is 14.6 Å². The molecule has 142 valence electrons. The van der Waals surface area contributed by atoms with Gasteiger partial charge in [-0.3, -0.25) is 4.99 Å². The number of aromatic nitrogens is 1. The van der Waals surface area contributed by atoms with Gasteiger partial charge in [0.25, 0.3) is 0 Å². The predicted molar refractivity (Wildman–Crippen MR) is 99.9 cm³/mol. The van der Waals surface area contributed by atoms with Crippen LogP contribution < -0.4 is 10.6 Å². The summed E-state index contributed by atoms with van der Waals surface area (Å²) in [6, 6.07) is 8.06. The van der Waals surface area contributed by atoms with Crippen LogP contribution in [0.2, 0.25) is 0 Å². The van der Waals surface area contributed by atoms with Crippen molar-refractivity contribution in [3.05, 3.63) is 48.5 Å². The Morgan fingerprint density at radius 1 is 1.26 bits per heavy atom. The monoisotopic (exact) mass is 372 g/mol. The largest absolute Gasteiger partial charge is 0.478 e. The third kappa shape index (κ3) is 6.31. The molecule has 0 fully saturated rings. The minimum atomic E-state index is -1.26. The first kappa shape index (κ1) is 19.7.